The molecule has 6 nitrogen and oxygen atoms in total. The second-order valence-corrected chi connectivity index (χ2v) is 2.77. The van der Waals surface area contributed by atoms with Gasteiger partial charge in [0.2, 0.25) is 0 Å². The minimum absolute atomic E-state index is 0.322. The number of anilines is 1. The largest absolute Gasteiger partial charge is 0.494 e. The number of hydrogen-bond donors (Lipinski definition) is 2. The van der Waals surface area contributed by atoms with Gasteiger partial charge in [0.15, 0.2) is 11.5 Å². The van der Waals surface area contributed by atoms with Gasteiger partial charge in [0.1, 0.15) is 5.75 Å². The van der Waals surface area contributed by atoms with Crippen LogP contribution < -0.4 is 16.0 Å². The molecule has 17 heavy (non-hydrogen) atoms. The normalized spacial score (nSPS) is 10.8. The molecule has 1 aromatic heterocycles. The smallest absolute Gasteiger partial charge is 0.437 e. The van der Waals surface area contributed by atoms with Crippen molar-refractivity contribution in [2.24, 2.45) is 5.73 Å². The zero-order valence-corrected chi connectivity index (χ0v) is 8.54. The third kappa shape index (κ3) is 3.40. The zero-order chi connectivity index (χ0) is 13.1. The molecule has 1 rings (SSSR count). The van der Waals surface area contributed by atoms with E-state index in [9.17, 15) is 18.0 Å². The van der Waals surface area contributed by atoms with Crippen LogP contribution in [0.4, 0.5) is 23.8 Å². The molecule has 0 radical (unpaired) electrons. The number of nitrogens with one attached hydrogen (secondary N) is 1. The minimum Gasteiger partial charge on any atom is -0.494 e. The Labute approximate surface area is 93.5 Å². The maximum atomic E-state index is 12.5. The molecular formula is C8H8F3N3O3. The maximum absolute atomic E-state index is 12.5. The van der Waals surface area contributed by atoms with E-state index in [0.29, 0.717) is 0 Å². The molecule has 0 fully saturated rings. The number of ether oxygens (including phenoxy) is 1. The number of nitrogens with two attached hydrogens (primary N) is 1. The molecular weight excluding hydrogens is 243 g/mol. The molecule has 94 valence electrons. The van der Waals surface area contributed by atoms with Crippen LogP contribution in [0.1, 0.15) is 5.69 Å². The average Bonchev–Trinajstić information content (AvgIpc) is 2.24. The molecule has 0 aliphatic heterocycles. The molecule has 0 unspecified atom stereocenters. The van der Waals surface area contributed by atoms with Gasteiger partial charge in [0, 0.05) is 0 Å². The quantitative estimate of drug-likeness (QED) is 0.795. The van der Waals surface area contributed by atoms with E-state index >= 15 is 0 Å². The standard InChI is InChI=1S/C8H8F3N3O3/c1-16-4-2-3-5(14-17-7(12)15)13-6(4)8(9,10)11/h2-3H,1H3,(H2,12,15)(H,13,14). The number of hydrogen-bond acceptors (Lipinski definition) is 5. The highest BCUT2D eigenvalue weighted by Crippen LogP contribution is 2.35. The van der Waals surface area contributed by atoms with Crippen molar-refractivity contribution < 1.29 is 27.5 Å². The molecule has 1 aromatic rings. The monoisotopic (exact) mass is 251 g/mol. The van der Waals surface area contributed by atoms with Crippen LogP contribution in [0.15, 0.2) is 12.1 Å². The topological polar surface area (TPSA) is 86.5 Å². The number of nitrogens with zero attached hydrogens (tertiary/aromatic N) is 1. The second kappa shape index (κ2) is 4.76. The van der Waals surface area contributed by atoms with Crippen LogP contribution in [0.5, 0.6) is 5.75 Å². The number of methoxy groups -OCH3 is 1. The summed E-state index contributed by atoms with van der Waals surface area (Å²) in [6, 6.07) is 2.17. The Morgan fingerprint density at radius 1 is 1.47 bits per heavy atom. The summed E-state index contributed by atoms with van der Waals surface area (Å²) in [5.74, 6) is -0.765. The lowest BCUT2D eigenvalue weighted by Crippen LogP contribution is -2.18. The SMILES string of the molecule is COc1ccc(NOC(N)=O)nc1C(F)(F)F. The van der Waals surface area contributed by atoms with Crippen LogP contribution in [-0.2, 0) is 11.0 Å². The summed E-state index contributed by atoms with van der Waals surface area (Å²) in [6.07, 6.45) is -5.88. The lowest BCUT2D eigenvalue weighted by atomic mass is 10.3. The fourth-order valence-corrected chi connectivity index (χ4v) is 0.974. The van der Waals surface area contributed by atoms with E-state index < -0.39 is 23.7 Å². The molecule has 1 heterocycles. The summed E-state index contributed by atoms with van der Waals surface area (Å²) in [7, 11) is 1.08. The van der Waals surface area contributed by atoms with Crippen LogP contribution in [0.2, 0.25) is 0 Å². The molecule has 1 amide bonds. The third-order valence-corrected chi connectivity index (χ3v) is 1.60. The molecule has 0 aromatic carbocycles. The van der Waals surface area contributed by atoms with Crippen molar-refractivity contribution in [3.05, 3.63) is 17.8 Å². The Balaban J connectivity index is 3.01. The predicted octanol–water partition coefficient (Wildman–Crippen LogP) is 1.53. The lowest BCUT2D eigenvalue weighted by molar-refractivity contribution is -0.142. The van der Waals surface area contributed by atoms with Crippen molar-refractivity contribution >= 4 is 11.9 Å². The summed E-state index contributed by atoms with van der Waals surface area (Å²) < 4.78 is 42.0. The van der Waals surface area contributed by atoms with E-state index in [1.165, 1.54) is 0 Å². The van der Waals surface area contributed by atoms with Crippen molar-refractivity contribution in [1.29, 1.82) is 0 Å². The van der Waals surface area contributed by atoms with Gasteiger partial charge in [0.05, 0.1) is 7.11 Å². The van der Waals surface area contributed by atoms with Crippen LogP contribution in [0, 0.1) is 0 Å². The fraction of sp³-hybridized carbons (Fsp3) is 0.250. The van der Waals surface area contributed by atoms with Crippen LogP contribution in [-0.4, -0.2) is 18.2 Å². The molecule has 0 atom stereocenters. The number of rotatable bonds is 3. The van der Waals surface area contributed by atoms with Gasteiger partial charge in [-0.25, -0.2) is 9.78 Å². The van der Waals surface area contributed by atoms with Gasteiger partial charge in [0.25, 0.3) is 0 Å². The highest BCUT2D eigenvalue weighted by molar-refractivity contribution is 5.65. The highest BCUT2D eigenvalue weighted by atomic mass is 19.4. The highest BCUT2D eigenvalue weighted by Gasteiger charge is 2.36. The summed E-state index contributed by atoms with van der Waals surface area (Å²) >= 11 is 0. The first-order chi connectivity index (χ1) is 7.84. The van der Waals surface area contributed by atoms with Gasteiger partial charge in [-0.05, 0) is 12.1 Å². The van der Waals surface area contributed by atoms with Gasteiger partial charge in [-0.15, -0.1) is 0 Å². The fourth-order valence-electron chi connectivity index (χ4n) is 0.974. The lowest BCUT2D eigenvalue weighted by Gasteiger charge is -2.12. The predicted molar refractivity (Wildman–Crippen MR) is 50.1 cm³/mol. The number of halogens is 3. The molecule has 0 aliphatic carbocycles. The van der Waals surface area contributed by atoms with Crippen LogP contribution in [0.3, 0.4) is 0 Å². The number of aromatic nitrogens is 1. The summed E-state index contributed by atoms with van der Waals surface area (Å²) in [5, 5.41) is 0. The van der Waals surface area contributed by atoms with E-state index in [1.54, 1.807) is 0 Å². The summed E-state index contributed by atoms with van der Waals surface area (Å²) in [4.78, 5) is 17.5. The first-order valence-electron chi connectivity index (χ1n) is 4.19. The first-order valence-corrected chi connectivity index (χ1v) is 4.19. The molecule has 0 bridgehead atoms. The Morgan fingerprint density at radius 3 is 2.59 bits per heavy atom. The Morgan fingerprint density at radius 2 is 2.12 bits per heavy atom. The van der Waals surface area contributed by atoms with Gasteiger partial charge in [-0.1, -0.05) is 0 Å². The van der Waals surface area contributed by atoms with Crippen LogP contribution >= 0.6 is 0 Å². The molecule has 0 aliphatic rings. The average molecular weight is 251 g/mol. The van der Waals surface area contributed by atoms with Crippen molar-refractivity contribution in [2.45, 2.75) is 6.18 Å². The summed E-state index contributed by atoms with van der Waals surface area (Å²) in [5.41, 5.74) is 5.25. The van der Waals surface area contributed by atoms with E-state index in [1.807, 2.05) is 5.48 Å². The Kier molecular flexibility index (Phi) is 3.61. The zero-order valence-electron chi connectivity index (χ0n) is 8.54. The van der Waals surface area contributed by atoms with E-state index in [2.05, 4.69) is 20.3 Å². The molecule has 3 N–H and O–H groups in total. The second-order valence-electron chi connectivity index (χ2n) is 2.77. The minimum atomic E-state index is -4.68. The van der Waals surface area contributed by atoms with Crippen molar-refractivity contribution in [2.75, 3.05) is 12.6 Å². The molecule has 0 saturated heterocycles. The van der Waals surface area contributed by atoms with Gasteiger partial charge < -0.3 is 15.3 Å². The van der Waals surface area contributed by atoms with Gasteiger partial charge in [-0.3, -0.25) is 0 Å². The molecule has 0 spiro atoms. The number of carbonyl (C=O) groups is 1. The number of pyridine rings is 1. The maximum Gasteiger partial charge on any atom is 0.437 e. The number of primary amides is 1. The summed E-state index contributed by atoms with van der Waals surface area (Å²) in [6.45, 7) is 0. The van der Waals surface area contributed by atoms with Gasteiger partial charge in [-0.2, -0.15) is 18.7 Å². The molecule has 0 saturated carbocycles. The van der Waals surface area contributed by atoms with Gasteiger partial charge >= 0.3 is 12.3 Å². The number of carbonyl (C=O) groups excluding carboxylic acids is 1. The Hall–Kier alpha value is -2.19. The van der Waals surface area contributed by atoms with E-state index in [4.69, 9.17) is 0 Å². The first kappa shape index (κ1) is 12.9. The Bertz CT molecular complexity index is 422. The third-order valence-electron chi connectivity index (χ3n) is 1.60. The van der Waals surface area contributed by atoms with E-state index in [0.717, 1.165) is 19.2 Å². The van der Waals surface area contributed by atoms with Crippen molar-refractivity contribution in [3.63, 3.8) is 0 Å². The van der Waals surface area contributed by atoms with Crippen molar-refractivity contribution in [3.8, 4) is 5.75 Å². The number of alkyl halides is 3. The molecule has 9 heteroatoms. The van der Waals surface area contributed by atoms with E-state index in [-0.39, 0.29) is 5.82 Å². The number of amides is 1. The van der Waals surface area contributed by atoms with Crippen molar-refractivity contribution in [1.82, 2.24) is 4.98 Å². The van der Waals surface area contributed by atoms with Crippen LogP contribution in [0.25, 0.3) is 0 Å².